The molecule has 0 fully saturated rings. The minimum absolute atomic E-state index is 0.00236. The van der Waals surface area contributed by atoms with E-state index in [1.807, 2.05) is 26.8 Å². The smallest absolute Gasteiger partial charge is 0.261 e. The first-order valence-corrected chi connectivity index (χ1v) is 11.4. The van der Waals surface area contributed by atoms with Crippen LogP contribution in [0.15, 0.2) is 42.5 Å². The number of carbonyl (C=O) groups is 2. The predicted molar refractivity (Wildman–Crippen MR) is 127 cm³/mol. The van der Waals surface area contributed by atoms with Crippen LogP contribution in [0.4, 0.5) is 0 Å². The maximum absolute atomic E-state index is 13.3. The molecule has 0 aliphatic heterocycles. The van der Waals surface area contributed by atoms with Gasteiger partial charge in [0.25, 0.3) is 5.91 Å². The predicted octanol–water partition coefficient (Wildman–Crippen LogP) is 5.10. The molecule has 0 unspecified atom stereocenters. The van der Waals surface area contributed by atoms with Crippen LogP contribution in [0, 0.1) is 0 Å². The number of benzene rings is 2. The van der Waals surface area contributed by atoms with Gasteiger partial charge in [0.2, 0.25) is 5.91 Å². The van der Waals surface area contributed by atoms with Gasteiger partial charge in [-0.1, -0.05) is 55.2 Å². The third-order valence-corrected chi connectivity index (χ3v) is 5.75. The molecule has 0 aromatic heterocycles. The molecule has 0 saturated heterocycles. The molecule has 2 rings (SSSR count). The Hall–Kier alpha value is -2.44. The van der Waals surface area contributed by atoms with Gasteiger partial charge in [-0.3, -0.25) is 9.59 Å². The summed E-state index contributed by atoms with van der Waals surface area (Å²) >= 11 is 12.4. The molecule has 6 nitrogen and oxygen atoms in total. The van der Waals surface area contributed by atoms with E-state index in [0.717, 1.165) is 6.42 Å². The van der Waals surface area contributed by atoms with Crippen LogP contribution in [0.25, 0.3) is 0 Å². The zero-order chi connectivity index (χ0) is 23.7. The lowest BCUT2D eigenvalue weighted by molar-refractivity contribution is -0.143. The quantitative estimate of drug-likeness (QED) is 0.485. The van der Waals surface area contributed by atoms with E-state index in [2.05, 4.69) is 5.32 Å². The molecule has 174 valence electrons. The van der Waals surface area contributed by atoms with Crippen molar-refractivity contribution in [2.75, 3.05) is 13.7 Å². The third-order valence-electron chi connectivity index (χ3n) is 5.16. The lowest BCUT2D eigenvalue weighted by Crippen LogP contribution is -2.51. The van der Waals surface area contributed by atoms with E-state index < -0.39 is 6.04 Å². The Morgan fingerprint density at radius 2 is 1.75 bits per heavy atom. The van der Waals surface area contributed by atoms with E-state index in [0.29, 0.717) is 33.5 Å². The van der Waals surface area contributed by atoms with Gasteiger partial charge in [0.15, 0.2) is 18.1 Å². The van der Waals surface area contributed by atoms with Crippen LogP contribution in [0.1, 0.15) is 39.2 Å². The van der Waals surface area contributed by atoms with Crippen LogP contribution in [0.3, 0.4) is 0 Å². The number of carbonyl (C=O) groups excluding carboxylic acids is 2. The van der Waals surface area contributed by atoms with Crippen molar-refractivity contribution in [3.8, 4) is 11.5 Å². The molecule has 1 N–H and O–H groups in total. The van der Waals surface area contributed by atoms with Gasteiger partial charge in [0.1, 0.15) is 6.04 Å². The fourth-order valence-corrected chi connectivity index (χ4v) is 3.62. The zero-order valence-electron chi connectivity index (χ0n) is 18.9. The summed E-state index contributed by atoms with van der Waals surface area (Å²) in [5, 5.41) is 3.90. The molecule has 0 aliphatic carbocycles. The summed E-state index contributed by atoms with van der Waals surface area (Å²) in [6.45, 7) is 5.68. The van der Waals surface area contributed by atoms with E-state index >= 15 is 0 Å². The second-order valence-corrected chi connectivity index (χ2v) is 8.28. The normalized spacial score (nSPS) is 12.6. The average molecular weight is 481 g/mol. The van der Waals surface area contributed by atoms with E-state index in [1.54, 1.807) is 36.4 Å². The number of nitrogens with zero attached hydrogens (tertiary/aromatic N) is 1. The number of amides is 2. The van der Waals surface area contributed by atoms with Crippen LogP contribution in [-0.2, 0) is 16.1 Å². The second kappa shape index (κ2) is 12.6. The molecule has 0 heterocycles. The summed E-state index contributed by atoms with van der Waals surface area (Å²) < 4.78 is 11.0. The Morgan fingerprint density at radius 3 is 2.34 bits per heavy atom. The van der Waals surface area contributed by atoms with Crippen molar-refractivity contribution in [3.63, 3.8) is 0 Å². The lowest BCUT2D eigenvalue weighted by Gasteiger charge is -2.31. The van der Waals surface area contributed by atoms with Crippen molar-refractivity contribution >= 4 is 35.0 Å². The molecule has 2 amide bonds. The highest BCUT2D eigenvalue weighted by Crippen LogP contribution is 2.27. The second-order valence-electron chi connectivity index (χ2n) is 7.44. The standard InChI is InChI=1S/C24H30Cl2N2O4/c1-5-16(3)27-24(30)20(6-2)28(14-17-11-12-18(25)13-19(17)26)23(29)15-32-22-10-8-7-9-21(22)31-4/h7-13,16,20H,5-6,14-15H2,1-4H3,(H,27,30)/t16-,20+/m0/s1. The molecule has 0 spiro atoms. The molecule has 2 atom stereocenters. The molecular formula is C24H30Cl2N2O4. The molecule has 8 heteroatoms. The molecule has 2 aromatic carbocycles. The van der Waals surface area contributed by atoms with Crippen LogP contribution in [-0.4, -0.2) is 42.5 Å². The van der Waals surface area contributed by atoms with Crippen LogP contribution >= 0.6 is 23.2 Å². The van der Waals surface area contributed by atoms with E-state index in [9.17, 15) is 9.59 Å². The molecule has 32 heavy (non-hydrogen) atoms. The number of nitrogens with one attached hydrogen (secondary N) is 1. The topological polar surface area (TPSA) is 67.9 Å². The van der Waals surface area contributed by atoms with Gasteiger partial charge in [-0.25, -0.2) is 0 Å². The maximum Gasteiger partial charge on any atom is 0.261 e. The number of methoxy groups -OCH3 is 1. The minimum Gasteiger partial charge on any atom is -0.493 e. The summed E-state index contributed by atoms with van der Waals surface area (Å²) in [6.07, 6.45) is 1.23. The lowest BCUT2D eigenvalue weighted by atomic mass is 10.1. The largest absolute Gasteiger partial charge is 0.493 e. The number of hydrogen-bond donors (Lipinski definition) is 1. The summed E-state index contributed by atoms with van der Waals surface area (Å²) in [4.78, 5) is 27.7. The molecule has 0 saturated carbocycles. The van der Waals surface area contributed by atoms with Crippen molar-refractivity contribution < 1.29 is 19.1 Å². The van der Waals surface area contributed by atoms with Crippen LogP contribution < -0.4 is 14.8 Å². The number of hydrogen-bond acceptors (Lipinski definition) is 4. The molecule has 0 bridgehead atoms. The van der Waals surface area contributed by atoms with Gasteiger partial charge < -0.3 is 19.7 Å². The highest BCUT2D eigenvalue weighted by Gasteiger charge is 2.30. The van der Waals surface area contributed by atoms with Crippen molar-refractivity contribution in [2.24, 2.45) is 0 Å². The van der Waals surface area contributed by atoms with Crippen molar-refractivity contribution in [1.82, 2.24) is 10.2 Å². The molecule has 0 aliphatic rings. The Morgan fingerprint density at radius 1 is 1.06 bits per heavy atom. The van der Waals surface area contributed by atoms with E-state index in [-0.39, 0.29) is 31.0 Å². The van der Waals surface area contributed by atoms with Gasteiger partial charge in [0.05, 0.1) is 7.11 Å². The number of halogens is 2. The van der Waals surface area contributed by atoms with Crippen molar-refractivity contribution in [3.05, 3.63) is 58.1 Å². The maximum atomic E-state index is 13.3. The first kappa shape index (κ1) is 25.8. The number of ether oxygens (including phenoxy) is 2. The fraction of sp³-hybridized carbons (Fsp3) is 0.417. The van der Waals surface area contributed by atoms with Crippen LogP contribution in [0.5, 0.6) is 11.5 Å². The van der Waals surface area contributed by atoms with E-state index in [4.69, 9.17) is 32.7 Å². The SMILES string of the molecule is CC[C@H](C(=O)N[C@@H](C)CC)N(Cc1ccc(Cl)cc1Cl)C(=O)COc1ccccc1OC. The highest BCUT2D eigenvalue weighted by atomic mass is 35.5. The van der Waals surface area contributed by atoms with Gasteiger partial charge in [-0.2, -0.15) is 0 Å². The van der Waals surface area contributed by atoms with Gasteiger partial charge in [-0.15, -0.1) is 0 Å². The average Bonchev–Trinajstić information content (AvgIpc) is 2.78. The Labute approximate surface area is 199 Å². The Bertz CT molecular complexity index is 923. The Kier molecular flexibility index (Phi) is 10.1. The Balaban J connectivity index is 2.28. The molecule has 0 radical (unpaired) electrons. The summed E-state index contributed by atoms with van der Waals surface area (Å²) in [5.41, 5.74) is 0.691. The highest BCUT2D eigenvalue weighted by molar-refractivity contribution is 6.35. The van der Waals surface area contributed by atoms with Crippen LogP contribution in [0.2, 0.25) is 10.0 Å². The summed E-state index contributed by atoms with van der Waals surface area (Å²) in [6, 6.07) is 11.5. The van der Waals surface area contributed by atoms with Crippen molar-refractivity contribution in [1.29, 1.82) is 0 Å². The van der Waals surface area contributed by atoms with Crippen molar-refractivity contribution in [2.45, 2.75) is 52.2 Å². The first-order chi connectivity index (χ1) is 15.3. The van der Waals surface area contributed by atoms with Gasteiger partial charge >= 0.3 is 0 Å². The zero-order valence-corrected chi connectivity index (χ0v) is 20.4. The fourth-order valence-electron chi connectivity index (χ4n) is 3.15. The van der Waals surface area contributed by atoms with Gasteiger partial charge in [-0.05, 0) is 49.6 Å². The first-order valence-electron chi connectivity index (χ1n) is 10.6. The monoisotopic (exact) mass is 480 g/mol. The molecular weight excluding hydrogens is 451 g/mol. The number of para-hydroxylation sites is 2. The summed E-state index contributed by atoms with van der Waals surface area (Å²) in [7, 11) is 1.53. The minimum atomic E-state index is -0.676. The van der Waals surface area contributed by atoms with E-state index in [1.165, 1.54) is 12.0 Å². The number of rotatable bonds is 11. The third kappa shape index (κ3) is 7.04. The van der Waals surface area contributed by atoms with Gasteiger partial charge in [0, 0.05) is 22.6 Å². The molecule has 2 aromatic rings. The summed E-state index contributed by atoms with van der Waals surface area (Å²) in [5.74, 6) is 0.421.